The summed E-state index contributed by atoms with van der Waals surface area (Å²) in [4.78, 5) is 0. The van der Waals surface area contributed by atoms with Gasteiger partial charge in [0.1, 0.15) is 14.2 Å². The molecule has 0 aromatic carbocycles. The van der Waals surface area contributed by atoms with E-state index in [1.165, 1.54) is 0 Å². The second-order valence-corrected chi connectivity index (χ2v) is 10.1. The fourth-order valence-electron chi connectivity index (χ4n) is 1.21. The van der Waals surface area contributed by atoms with Crippen LogP contribution in [0.1, 0.15) is 20.3 Å². The predicted octanol–water partition coefficient (Wildman–Crippen LogP) is 2.29. The maximum atomic E-state index is 9.86. The number of aliphatic hydroxyl groups is 1. The number of methoxy groups -OCH3 is 1. The molecule has 3 heteroatoms. The van der Waals surface area contributed by atoms with Gasteiger partial charge in [0.15, 0.2) is 0 Å². The Morgan fingerprint density at radius 2 is 1.80 bits per heavy atom. The second kappa shape index (κ2) is 6.32. The van der Waals surface area contributed by atoms with Gasteiger partial charge >= 0.3 is 0 Å². The van der Waals surface area contributed by atoms with Gasteiger partial charge < -0.3 is 9.84 Å². The van der Waals surface area contributed by atoms with Crippen molar-refractivity contribution in [1.82, 2.24) is 0 Å². The van der Waals surface area contributed by atoms with Gasteiger partial charge in [-0.05, 0) is 12.3 Å². The molecule has 0 spiro atoms. The molecule has 0 bridgehead atoms. The Morgan fingerprint density at radius 3 is 2.13 bits per heavy atom. The Morgan fingerprint density at radius 1 is 1.27 bits per heavy atom. The van der Waals surface area contributed by atoms with Crippen molar-refractivity contribution in [3.05, 3.63) is 0 Å². The Bertz CT molecular complexity index is 232. The minimum absolute atomic E-state index is 0.334. The monoisotopic (exact) mass is 228 g/mol. The topological polar surface area (TPSA) is 29.5 Å². The highest BCUT2D eigenvalue weighted by Gasteiger charge is 2.18. The van der Waals surface area contributed by atoms with Crippen LogP contribution < -0.4 is 0 Å². The molecule has 2 nitrogen and oxygen atoms in total. The van der Waals surface area contributed by atoms with Gasteiger partial charge in [0.25, 0.3) is 0 Å². The summed E-state index contributed by atoms with van der Waals surface area (Å²) in [6.45, 7) is 10.7. The molecule has 0 saturated heterocycles. The Labute approximate surface area is 95.0 Å². The van der Waals surface area contributed by atoms with Gasteiger partial charge in [-0.1, -0.05) is 39.4 Å². The van der Waals surface area contributed by atoms with Crippen LogP contribution in [-0.4, -0.2) is 32.5 Å². The first-order chi connectivity index (χ1) is 6.76. The van der Waals surface area contributed by atoms with E-state index in [1.54, 1.807) is 7.11 Å². The van der Waals surface area contributed by atoms with Crippen LogP contribution >= 0.6 is 0 Å². The van der Waals surface area contributed by atoms with Gasteiger partial charge in [-0.3, -0.25) is 0 Å². The second-order valence-electron chi connectivity index (χ2n) is 5.37. The first-order valence-electron chi connectivity index (χ1n) is 5.50. The smallest absolute Gasteiger partial charge is 0.142 e. The molecule has 0 fully saturated rings. The molecule has 0 aromatic heterocycles. The van der Waals surface area contributed by atoms with Crippen molar-refractivity contribution in [3.8, 4) is 11.5 Å². The third-order valence-electron chi connectivity index (χ3n) is 1.91. The van der Waals surface area contributed by atoms with E-state index in [1.807, 2.05) is 0 Å². The van der Waals surface area contributed by atoms with Crippen molar-refractivity contribution in [1.29, 1.82) is 0 Å². The first kappa shape index (κ1) is 14.7. The van der Waals surface area contributed by atoms with E-state index in [-0.39, 0.29) is 6.10 Å². The minimum atomic E-state index is -1.37. The molecule has 0 aliphatic carbocycles. The lowest BCUT2D eigenvalue weighted by molar-refractivity contribution is 0.0118. The quantitative estimate of drug-likeness (QED) is 0.591. The molecule has 88 valence electrons. The molecule has 0 amide bonds. The lowest BCUT2D eigenvalue weighted by Gasteiger charge is -2.18. The van der Waals surface area contributed by atoms with Crippen LogP contribution in [0.3, 0.4) is 0 Å². The highest BCUT2D eigenvalue weighted by Crippen LogP contribution is 2.10. The SMILES string of the molecule is CO[C@H](C#C[Si](C)(C)C)[C@H](O)CC(C)C. The number of hydrogen-bond acceptors (Lipinski definition) is 2. The maximum Gasteiger partial charge on any atom is 0.142 e. The summed E-state index contributed by atoms with van der Waals surface area (Å²) in [6, 6.07) is 0. The number of aliphatic hydroxyl groups excluding tert-OH is 1. The molecule has 0 saturated carbocycles. The van der Waals surface area contributed by atoms with Crippen LogP contribution in [0.2, 0.25) is 19.6 Å². The van der Waals surface area contributed by atoms with Crippen molar-refractivity contribution >= 4 is 8.07 Å². The van der Waals surface area contributed by atoms with E-state index >= 15 is 0 Å². The summed E-state index contributed by atoms with van der Waals surface area (Å²) < 4.78 is 5.21. The summed E-state index contributed by atoms with van der Waals surface area (Å²) in [5.41, 5.74) is 3.23. The highest BCUT2D eigenvalue weighted by atomic mass is 28.3. The van der Waals surface area contributed by atoms with Crippen molar-refractivity contribution in [2.24, 2.45) is 5.92 Å². The van der Waals surface area contributed by atoms with E-state index in [0.717, 1.165) is 6.42 Å². The van der Waals surface area contributed by atoms with E-state index in [0.29, 0.717) is 5.92 Å². The number of ether oxygens (including phenoxy) is 1. The summed E-state index contributed by atoms with van der Waals surface area (Å²) in [5.74, 6) is 3.52. The molecule has 0 rings (SSSR count). The first-order valence-corrected chi connectivity index (χ1v) is 9.00. The Hall–Kier alpha value is -0.303. The van der Waals surface area contributed by atoms with Crippen molar-refractivity contribution in [2.75, 3.05) is 7.11 Å². The molecule has 15 heavy (non-hydrogen) atoms. The lowest BCUT2D eigenvalue weighted by atomic mass is 10.0. The maximum absolute atomic E-state index is 9.86. The molecule has 0 radical (unpaired) electrons. The van der Waals surface area contributed by atoms with Gasteiger partial charge in [-0.15, -0.1) is 5.54 Å². The molecule has 0 heterocycles. The van der Waals surface area contributed by atoms with E-state index in [2.05, 4.69) is 45.0 Å². The molecule has 0 unspecified atom stereocenters. The van der Waals surface area contributed by atoms with E-state index in [9.17, 15) is 5.11 Å². The summed E-state index contributed by atoms with van der Waals surface area (Å²) in [6.07, 6.45) is -0.0724. The molecule has 0 aliphatic heterocycles. The van der Waals surface area contributed by atoms with Crippen molar-refractivity contribution in [2.45, 2.75) is 52.1 Å². The van der Waals surface area contributed by atoms with E-state index in [4.69, 9.17) is 4.74 Å². The van der Waals surface area contributed by atoms with Gasteiger partial charge in [0.05, 0.1) is 6.10 Å². The van der Waals surface area contributed by atoms with Gasteiger partial charge in [-0.2, -0.15) is 0 Å². The molecule has 0 aliphatic rings. The highest BCUT2D eigenvalue weighted by molar-refractivity contribution is 6.83. The normalized spacial score (nSPS) is 15.7. The molecular formula is C12H24O2Si. The van der Waals surface area contributed by atoms with Crippen LogP contribution in [-0.2, 0) is 4.74 Å². The molecular weight excluding hydrogens is 204 g/mol. The van der Waals surface area contributed by atoms with Crippen LogP contribution in [0.25, 0.3) is 0 Å². The average molecular weight is 228 g/mol. The zero-order chi connectivity index (χ0) is 12.1. The van der Waals surface area contributed by atoms with Crippen molar-refractivity contribution in [3.63, 3.8) is 0 Å². The fourth-order valence-corrected chi connectivity index (χ4v) is 1.78. The summed E-state index contributed by atoms with van der Waals surface area (Å²) in [5, 5.41) is 9.86. The lowest BCUT2D eigenvalue weighted by Crippen LogP contribution is -2.29. The summed E-state index contributed by atoms with van der Waals surface area (Å²) in [7, 11) is 0.230. The fraction of sp³-hybridized carbons (Fsp3) is 0.833. The predicted molar refractivity (Wildman–Crippen MR) is 67.4 cm³/mol. The third kappa shape index (κ3) is 7.61. The largest absolute Gasteiger partial charge is 0.389 e. The van der Waals surface area contributed by atoms with Crippen LogP contribution in [0, 0.1) is 17.4 Å². The number of hydrogen-bond donors (Lipinski definition) is 1. The average Bonchev–Trinajstić information content (AvgIpc) is 2.01. The van der Waals surface area contributed by atoms with Crippen molar-refractivity contribution < 1.29 is 9.84 Å². The van der Waals surface area contributed by atoms with Gasteiger partial charge in [0, 0.05) is 7.11 Å². The van der Waals surface area contributed by atoms with Crippen LogP contribution in [0.4, 0.5) is 0 Å². The molecule has 2 atom stereocenters. The van der Waals surface area contributed by atoms with Gasteiger partial charge in [0.2, 0.25) is 0 Å². The molecule has 1 N–H and O–H groups in total. The van der Waals surface area contributed by atoms with Crippen LogP contribution in [0.15, 0.2) is 0 Å². The van der Waals surface area contributed by atoms with E-state index < -0.39 is 14.2 Å². The molecule has 0 aromatic rings. The minimum Gasteiger partial charge on any atom is -0.389 e. The Balaban J connectivity index is 4.41. The zero-order valence-electron chi connectivity index (χ0n) is 10.8. The number of rotatable bonds is 4. The van der Waals surface area contributed by atoms with Gasteiger partial charge in [-0.25, -0.2) is 0 Å². The zero-order valence-corrected chi connectivity index (χ0v) is 11.8. The Kier molecular flexibility index (Phi) is 6.19. The standard InChI is InChI=1S/C12H24O2Si/c1-10(2)9-11(13)12(14-3)7-8-15(4,5)6/h10-13H,9H2,1-6H3/t11-,12-/m1/s1. The van der Waals surface area contributed by atoms with Crippen LogP contribution in [0.5, 0.6) is 0 Å². The summed E-state index contributed by atoms with van der Waals surface area (Å²) >= 11 is 0. The third-order valence-corrected chi connectivity index (χ3v) is 2.80.